The number of nitrogens with zero attached hydrogens (tertiary/aromatic N) is 5. The first-order valence-electron chi connectivity index (χ1n) is 8.73. The number of anilines is 1. The van der Waals surface area contributed by atoms with Gasteiger partial charge in [-0.15, -0.1) is 10.2 Å². The molecular formula is C18H13ClN8O3S. The molecule has 11 nitrogen and oxygen atoms in total. The summed E-state index contributed by atoms with van der Waals surface area (Å²) in [4.78, 5) is 27.6. The van der Waals surface area contributed by atoms with Crippen molar-refractivity contribution in [3.63, 3.8) is 0 Å². The lowest BCUT2D eigenvalue weighted by Gasteiger charge is -1.97. The summed E-state index contributed by atoms with van der Waals surface area (Å²) in [5.74, 6) is 0.258. The molecule has 156 valence electrons. The summed E-state index contributed by atoms with van der Waals surface area (Å²) < 4.78 is 5.66. The molecule has 0 spiro atoms. The lowest BCUT2D eigenvalue weighted by molar-refractivity contribution is -0.120. The molecule has 4 aromatic rings. The van der Waals surface area contributed by atoms with Gasteiger partial charge in [-0.3, -0.25) is 20.0 Å². The van der Waals surface area contributed by atoms with Gasteiger partial charge in [0.05, 0.1) is 12.6 Å². The normalized spacial score (nSPS) is 11.0. The van der Waals surface area contributed by atoms with E-state index in [1.165, 1.54) is 12.5 Å². The number of amides is 2. The molecule has 31 heavy (non-hydrogen) atoms. The third-order valence-electron chi connectivity index (χ3n) is 3.77. The molecule has 0 aliphatic heterocycles. The maximum atomic E-state index is 12.0. The van der Waals surface area contributed by atoms with E-state index in [1.54, 1.807) is 24.3 Å². The largest absolute Gasteiger partial charge is 0.455 e. The minimum absolute atomic E-state index is 0.0426. The van der Waals surface area contributed by atoms with Gasteiger partial charge in [0.25, 0.3) is 5.91 Å². The Morgan fingerprint density at radius 1 is 1.19 bits per heavy atom. The topological polar surface area (TPSA) is 151 Å². The Bertz CT molecular complexity index is 1220. The number of furan rings is 1. The summed E-state index contributed by atoms with van der Waals surface area (Å²) in [6, 6.07) is 10.7. The zero-order chi connectivity index (χ0) is 21.6. The van der Waals surface area contributed by atoms with Crippen molar-refractivity contribution < 1.29 is 14.0 Å². The van der Waals surface area contributed by atoms with Crippen molar-refractivity contribution >= 4 is 46.1 Å². The van der Waals surface area contributed by atoms with E-state index in [-0.39, 0.29) is 17.4 Å². The van der Waals surface area contributed by atoms with Crippen LogP contribution in [-0.2, 0) is 11.2 Å². The average Bonchev–Trinajstić information content (AvgIpc) is 3.51. The second-order valence-electron chi connectivity index (χ2n) is 5.97. The van der Waals surface area contributed by atoms with Crippen LogP contribution in [0.1, 0.15) is 21.4 Å². The molecule has 0 unspecified atom stereocenters. The molecule has 0 bridgehead atoms. The van der Waals surface area contributed by atoms with Gasteiger partial charge in [0.2, 0.25) is 16.9 Å². The van der Waals surface area contributed by atoms with Crippen molar-refractivity contribution in [1.29, 1.82) is 0 Å². The molecule has 0 fully saturated rings. The number of aromatic amines is 1. The van der Waals surface area contributed by atoms with Crippen LogP contribution in [0.5, 0.6) is 0 Å². The number of rotatable bonds is 7. The van der Waals surface area contributed by atoms with Crippen molar-refractivity contribution in [2.24, 2.45) is 5.10 Å². The van der Waals surface area contributed by atoms with Crippen LogP contribution in [0.15, 0.2) is 52.2 Å². The molecule has 2 amide bonds. The van der Waals surface area contributed by atoms with Gasteiger partial charge in [0.15, 0.2) is 0 Å². The molecule has 3 N–H and O–H groups in total. The Morgan fingerprint density at radius 2 is 2.03 bits per heavy atom. The van der Waals surface area contributed by atoms with E-state index < -0.39 is 11.8 Å². The van der Waals surface area contributed by atoms with Crippen LogP contribution in [0.2, 0.25) is 5.02 Å². The highest BCUT2D eigenvalue weighted by Crippen LogP contribution is 2.23. The number of nitrogens with one attached hydrogen (secondary N) is 3. The number of hydrazone groups is 1. The minimum Gasteiger partial charge on any atom is -0.455 e. The highest BCUT2D eigenvalue weighted by atomic mass is 35.5. The molecule has 13 heteroatoms. The van der Waals surface area contributed by atoms with Gasteiger partial charge in [-0.05, 0) is 36.4 Å². The Balaban J connectivity index is 1.28. The number of carbonyl (C=O) groups excluding carboxylic acids is 2. The zero-order valence-corrected chi connectivity index (χ0v) is 17.1. The summed E-state index contributed by atoms with van der Waals surface area (Å²) >= 11 is 6.94. The highest BCUT2D eigenvalue weighted by molar-refractivity contribution is 7.15. The van der Waals surface area contributed by atoms with Gasteiger partial charge in [-0.1, -0.05) is 22.9 Å². The van der Waals surface area contributed by atoms with E-state index in [2.05, 4.69) is 41.2 Å². The van der Waals surface area contributed by atoms with Gasteiger partial charge in [-0.25, -0.2) is 10.4 Å². The Labute approximate surface area is 183 Å². The highest BCUT2D eigenvalue weighted by Gasteiger charge is 2.14. The van der Waals surface area contributed by atoms with E-state index in [9.17, 15) is 9.59 Å². The van der Waals surface area contributed by atoms with Crippen LogP contribution in [-0.4, -0.2) is 43.4 Å². The second kappa shape index (κ2) is 9.28. The first-order valence-corrected chi connectivity index (χ1v) is 9.93. The zero-order valence-electron chi connectivity index (χ0n) is 15.6. The average molecular weight is 457 g/mol. The maximum Gasteiger partial charge on any atom is 0.294 e. The standard InChI is InChI=1S/C18H13ClN8O3S/c19-11-3-1-10(2-4-11)13-6-5-12(30-13)8-21-24-14(28)7-15-25-27-18(31-15)23-17(29)16-20-9-22-26-16/h1-6,8-9H,7H2,(H,24,28)(H,20,22,26)(H,23,27,29)/b21-8+. The molecule has 0 atom stereocenters. The fraction of sp³-hybridized carbons (Fsp3) is 0.0556. The Morgan fingerprint density at radius 3 is 2.81 bits per heavy atom. The van der Waals surface area contributed by atoms with Gasteiger partial charge >= 0.3 is 0 Å². The number of hydrogen-bond acceptors (Lipinski definition) is 9. The third kappa shape index (κ3) is 5.38. The number of H-pyrrole nitrogens is 1. The van der Waals surface area contributed by atoms with Crippen LogP contribution in [0.4, 0.5) is 5.13 Å². The van der Waals surface area contributed by atoms with E-state index >= 15 is 0 Å². The van der Waals surface area contributed by atoms with Crippen LogP contribution in [0.3, 0.4) is 0 Å². The van der Waals surface area contributed by atoms with Crippen molar-refractivity contribution in [2.45, 2.75) is 6.42 Å². The quantitative estimate of drug-likeness (QED) is 0.285. The fourth-order valence-electron chi connectivity index (χ4n) is 2.38. The molecule has 0 aliphatic rings. The van der Waals surface area contributed by atoms with E-state index in [4.69, 9.17) is 16.0 Å². The molecule has 3 heterocycles. The van der Waals surface area contributed by atoms with Gasteiger partial charge in [0.1, 0.15) is 22.9 Å². The van der Waals surface area contributed by atoms with Crippen LogP contribution < -0.4 is 10.7 Å². The number of aromatic nitrogens is 5. The first-order chi connectivity index (χ1) is 15.1. The van der Waals surface area contributed by atoms with Crippen molar-refractivity contribution in [2.75, 3.05) is 5.32 Å². The van der Waals surface area contributed by atoms with Gasteiger partial charge in [-0.2, -0.15) is 10.2 Å². The Hall–Kier alpha value is -3.90. The number of benzene rings is 1. The van der Waals surface area contributed by atoms with E-state index in [0.717, 1.165) is 16.9 Å². The summed E-state index contributed by atoms with van der Waals surface area (Å²) in [7, 11) is 0. The van der Waals surface area contributed by atoms with Crippen LogP contribution in [0.25, 0.3) is 11.3 Å². The van der Waals surface area contributed by atoms with Crippen LogP contribution >= 0.6 is 22.9 Å². The summed E-state index contributed by atoms with van der Waals surface area (Å²) in [6.45, 7) is 0. The summed E-state index contributed by atoms with van der Waals surface area (Å²) in [6.07, 6.45) is 2.55. The number of carbonyl (C=O) groups is 2. The molecule has 0 saturated heterocycles. The molecule has 3 aromatic heterocycles. The molecule has 0 aliphatic carbocycles. The lowest BCUT2D eigenvalue weighted by atomic mass is 10.2. The Kier molecular flexibility index (Phi) is 6.10. The minimum atomic E-state index is -0.509. The summed E-state index contributed by atoms with van der Waals surface area (Å²) in [5.41, 5.74) is 3.26. The third-order valence-corrected chi connectivity index (χ3v) is 4.86. The summed E-state index contributed by atoms with van der Waals surface area (Å²) in [5, 5.41) is 21.4. The molecule has 1 aromatic carbocycles. The van der Waals surface area contributed by atoms with Gasteiger partial charge in [0, 0.05) is 10.6 Å². The van der Waals surface area contributed by atoms with E-state index in [0.29, 0.717) is 21.6 Å². The van der Waals surface area contributed by atoms with Crippen LogP contribution in [0, 0.1) is 0 Å². The van der Waals surface area contributed by atoms with Crippen molar-refractivity contribution in [1.82, 2.24) is 30.8 Å². The monoisotopic (exact) mass is 456 g/mol. The van der Waals surface area contributed by atoms with E-state index in [1.807, 2.05) is 12.1 Å². The van der Waals surface area contributed by atoms with Crippen molar-refractivity contribution in [3.8, 4) is 11.3 Å². The maximum absolute atomic E-state index is 12.0. The predicted molar refractivity (Wildman–Crippen MR) is 113 cm³/mol. The second-order valence-corrected chi connectivity index (χ2v) is 7.47. The number of hydrogen-bond donors (Lipinski definition) is 3. The SMILES string of the molecule is O=C(Cc1nnc(NC(=O)c2ncn[nH]2)s1)N/N=C/c1ccc(-c2ccc(Cl)cc2)o1. The van der Waals surface area contributed by atoms with Crippen molar-refractivity contribution in [3.05, 3.63) is 64.3 Å². The molecule has 0 saturated carbocycles. The lowest BCUT2D eigenvalue weighted by Crippen LogP contribution is -2.19. The molecular weight excluding hydrogens is 444 g/mol. The van der Waals surface area contributed by atoms with Gasteiger partial charge < -0.3 is 4.42 Å². The molecule has 0 radical (unpaired) electrons. The predicted octanol–water partition coefficient (Wildman–Crippen LogP) is 2.51. The smallest absolute Gasteiger partial charge is 0.294 e. The fourth-order valence-corrected chi connectivity index (χ4v) is 3.24. The molecule has 4 rings (SSSR count). The number of halogens is 1. The first kappa shape index (κ1) is 20.4.